The topological polar surface area (TPSA) is 86.7 Å². The minimum Gasteiger partial charge on any atom is -0.504 e. The third-order valence-corrected chi connectivity index (χ3v) is 5.44. The Bertz CT molecular complexity index is 527. The molecule has 0 aliphatic heterocycles. The Balaban J connectivity index is 0.000000847. The third-order valence-electron chi connectivity index (χ3n) is 5.44. The lowest BCUT2D eigenvalue weighted by Crippen LogP contribution is -2.57. The maximum atomic E-state index is 11.2. The van der Waals surface area contributed by atoms with Crippen LogP contribution in [0.15, 0.2) is 12.1 Å². The van der Waals surface area contributed by atoms with E-state index in [-0.39, 0.29) is 11.5 Å². The molecular weight excluding hydrogens is 278 g/mol. The van der Waals surface area contributed by atoms with Gasteiger partial charge in [0.05, 0.1) is 5.60 Å². The molecule has 0 aromatic heterocycles. The van der Waals surface area contributed by atoms with Crippen LogP contribution in [0.1, 0.15) is 63.5 Å². The first-order chi connectivity index (χ1) is 10.5. The normalized spacial score (nSPS) is 29.8. The van der Waals surface area contributed by atoms with Crippen molar-refractivity contribution in [2.75, 3.05) is 6.54 Å². The molecule has 0 spiro atoms. The maximum absolute atomic E-state index is 11.2. The predicted molar refractivity (Wildman–Crippen MR) is 88.2 cm³/mol. The van der Waals surface area contributed by atoms with Crippen molar-refractivity contribution in [1.82, 2.24) is 0 Å². The Hall–Kier alpha value is -1.26. The number of hydrogen-bond acceptors (Lipinski definition) is 4. The van der Waals surface area contributed by atoms with E-state index in [1.165, 1.54) is 6.07 Å². The first-order valence-electron chi connectivity index (χ1n) is 8.51. The average molecular weight is 307 g/mol. The number of benzene rings is 1. The van der Waals surface area contributed by atoms with Gasteiger partial charge in [-0.2, -0.15) is 0 Å². The highest BCUT2D eigenvalue weighted by molar-refractivity contribution is 5.56. The van der Waals surface area contributed by atoms with Gasteiger partial charge in [0.1, 0.15) is 0 Å². The van der Waals surface area contributed by atoms with Crippen LogP contribution in [0.25, 0.3) is 0 Å². The van der Waals surface area contributed by atoms with Crippen molar-refractivity contribution in [3.63, 3.8) is 0 Å². The van der Waals surface area contributed by atoms with Crippen molar-refractivity contribution in [2.45, 2.75) is 69.8 Å². The molecule has 124 valence electrons. The Morgan fingerprint density at radius 2 is 1.77 bits per heavy atom. The zero-order chi connectivity index (χ0) is 16.4. The van der Waals surface area contributed by atoms with Gasteiger partial charge in [-0.1, -0.05) is 32.8 Å². The number of hydrogen-bond donors (Lipinski definition) is 4. The van der Waals surface area contributed by atoms with Crippen LogP contribution >= 0.6 is 0 Å². The van der Waals surface area contributed by atoms with Crippen molar-refractivity contribution < 1.29 is 15.3 Å². The van der Waals surface area contributed by atoms with Crippen LogP contribution in [0, 0.1) is 0 Å². The molecule has 2 unspecified atom stereocenters. The van der Waals surface area contributed by atoms with Crippen molar-refractivity contribution in [2.24, 2.45) is 5.73 Å². The summed E-state index contributed by atoms with van der Waals surface area (Å²) in [6.45, 7) is 4.47. The number of phenolic OH excluding ortho intramolecular Hbond substituents is 2. The second-order valence-electron chi connectivity index (χ2n) is 6.33. The molecule has 0 heterocycles. The third kappa shape index (κ3) is 2.38. The summed E-state index contributed by atoms with van der Waals surface area (Å²) in [6, 6.07) is 3.41. The highest BCUT2D eigenvalue weighted by atomic mass is 16.3. The van der Waals surface area contributed by atoms with E-state index in [1.807, 2.05) is 19.9 Å². The molecule has 2 aliphatic rings. The lowest BCUT2D eigenvalue weighted by atomic mass is 9.53. The number of aliphatic hydroxyl groups is 1. The van der Waals surface area contributed by atoms with Crippen LogP contribution in [0.3, 0.4) is 0 Å². The quantitative estimate of drug-likeness (QED) is 0.633. The van der Waals surface area contributed by atoms with E-state index < -0.39 is 11.0 Å². The molecule has 0 radical (unpaired) electrons. The fraction of sp³-hybridized carbons (Fsp3) is 0.667. The monoisotopic (exact) mass is 307 g/mol. The van der Waals surface area contributed by atoms with Gasteiger partial charge in [0, 0.05) is 11.0 Å². The number of rotatable bonds is 2. The Morgan fingerprint density at radius 1 is 1.09 bits per heavy atom. The van der Waals surface area contributed by atoms with Crippen molar-refractivity contribution in [3.8, 4) is 11.5 Å². The number of nitrogens with two attached hydrogens (primary N) is 1. The molecule has 2 aliphatic carbocycles. The second kappa shape index (κ2) is 6.47. The molecule has 0 amide bonds. The van der Waals surface area contributed by atoms with Gasteiger partial charge >= 0.3 is 0 Å². The summed E-state index contributed by atoms with van der Waals surface area (Å²) in [5, 5.41) is 31.4. The standard InChI is InChI=1S/C16H23NO3.C2H6/c17-10-9-15-6-1-2-7-16(15,20)8-5-11-3-4-12(18)14(19)13(11)15;1-2/h3-4,18-20H,1-2,5-10,17H2;1-2H3. The fourth-order valence-corrected chi connectivity index (χ4v) is 4.47. The Kier molecular flexibility index (Phi) is 5.03. The summed E-state index contributed by atoms with van der Waals surface area (Å²) < 4.78 is 0. The largest absolute Gasteiger partial charge is 0.504 e. The highest BCUT2D eigenvalue weighted by Crippen LogP contribution is 2.57. The van der Waals surface area contributed by atoms with E-state index >= 15 is 0 Å². The van der Waals surface area contributed by atoms with E-state index in [9.17, 15) is 15.3 Å². The summed E-state index contributed by atoms with van der Waals surface area (Å²) in [5.74, 6) is -0.161. The Morgan fingerprint density at radius 3 is 2.45 bits per heavy atom. The van der Waals surface area contributed by atoms with E-state index in [2.05, 4.69) is 0 Å². The molecule has 1 aromatic carbocycles. The summed E-state index contributed by atoms with van der Waals surface area (Å²) in [7, 11) is 0. The average Bonchev–Trinajstić information content (AvgIpc) is 2.53. The van der Waals surface area contributed by atoms with Gasteiger partial charge in [0.15, 0.2) is 11.5 Å². The van der Waals surface area contributed by atoms with Gasteiger partial charge in [-0.15, -0.1) is 0 Å². The molecule has 1 fully saturated rings. The van der Waals surface area contributed by atoms with E-state index in [1.54, 1.807) is 0 Å². The number of fused-ring (bicyclic) bond motifs is 3. The van der Waals surface area contributed by atoms with E-state index in [0.717, 1.165) is 43.2 Å². The van der Waals surface area contributed by atoms with E-state index in [4.69, 9.17) is 5.73 Å². The van der Waals surface area contributed by atoms with Crippen LogP contribution in [0.4, 0.5) is 0 Å². The van der Waals surface area contributed by atoms with Gasteiger partial charge in [-0.05, 0) is 50.3 Å². The lowest BCUT2D eigenvalue weighted by molar-refractivity contribution is -0.0871. The first kappa shape index (κ1) is 17.1. The number of aromatic hydroxyl groups is 2. The van der Waals surface area contributed by atoms with Gasteiger partial charge in [0.25, 0.3) is 0 Å². The van der Waals surface area contributed by atoms with Gasteiger partial charge in [0.2, 0.25) is 0 Å². The molecule has 1 saturated carbocycles. The molecule has 4 nitrogen and oxygen atoms in total. The van der Waals surface area contributed by atoms with Crippen LogP contribution in [0.5, 0.6) is 11.5 Å². The molecule has 5 N–H and O–H groups in total. The maximum Gasteiger partial charge on any atom is 0.161 e. The van der Waals surface area contributed by atoms with Crippen molar-refractivity contribution >= 4 is 0 Å². The highest BCUT2D eigenvalue weighted by Gasteiger charge is 2.56. The molecule has 4 heteroatoms. The van der Waals surface area contributed by atoms with Crippen LogP contribution in [-0.2, 0) is 11.8 Å². The number of phenols is 2. The minimum absolute atomic E-state index is 0.0593. The van der Waals surface area contributed by atoms with Crippen LogP contribution < -0.4 is 5.73 Å². The zero-order valence-electron chi connectivity index (χ0n) is 13.7. The van der Waals surface area contributed by atoms with Crippen molar-refractivity contribution in [3.05, 3.63) is 23.3 Å². The molecule has 0 bridgehead atoms. The molecule has 22 heavy (non-hydrogen) atoms. The zero-order valence-corrected chi connectivity index (χ0v) is 13.7. The molecule has 3 rings (SSSR count). The summed E-state index contributed by atoms with van der Waals surface area (Å²) in [5.41, 5.74) is 6.29. The second-order valence-corrected chi connectivity index (χ2v) is 6.33. The smallest absolute Gasteiger partial charge is 0.161 e. The van der Waals surface area contributed by atoms with E-state index in [0.29, 0.717) is 19.4 Å². The summed E-state index contributed by atoms with van der Waals surface area (Å²) in [4.78, 5) is 0. The van der Waals surface area contributed by atoms with Crippen LogP contribution in [-0.4, -0.2) is 27.5 Å². The van der Waals surface area contributed by atoms with Gasteiger partial charge in [-0.25, -0.2) is 0 Å². The van der Waals surface area contributed by atoms with Gasteiger partial charge in [-0.3, -0.25) is 0 Å². The predicted octanol–water partition coefficient (Wildman–Crippen LogP) is 2.96. The minimum atomic E-state index is -0.803. The molecule has 0 saturated heterocycles. The number of aryl methyl sites for hydroxylation is 1. The molecule has 1 aromatic rings. The summed E-state index contributed by atoms with van der Waals surface area (Å²) >= 11 is 0. The van der Waals surface area contributed by atoms with Gasteiger partial charge < -0.3 is 21.1 Å². The van der Waals surface area contributed by atoms with Crippen LogP contribution in [0.2, 0.25) is 0 Å². The fourth-order valence-electron chi connectivity index (χ4n) is 4.47. The SMILES string of the molecule is CC.NCCC12CCCCC1(O)CCc1ccc(O)c(O)c12. The molecular formula is C18H29NO3. The first-order valence-corrected chi connectivity index (χ1v) is 8.51. The summed E-state index contributed by atoms with van der Waals surface area (Å²) in [6.07, 6.45) is 5.71. The van der Waals surface area contributed by atoms with Crippen molar-refractivity contribution in [1.29, 1.82) is 0 Å². The molecule has 2 atom stereocenters. The lowest BCUT2D eigenvalue weighted by Gasteiger charge is -2.54. The Labute approximate surface area is 133 Å².